The van der Waals surface area contributed by atoms with Crippen LogP contribution in [0.25, 0.3) is 0 Å². The predicted octanol–water partition coefficient (Wildman–Crippen LogP) is 4.26. The third kappa shape index (κ3) is 2.44. The van der Waals surface area contributed by atoms with Crippen molar-refractivity contribution < 1.29 is 0 Å². The second-order valence-electron chi connectivity index (χ2n) is 5.99. The molecule has 0 amide bonds. The van der Waals surface area contributed by atoms with Crippen molar-refractivity contribution in [3.63, 3.8) is 0 Å². The van der Waals surface area contributed by atoms with Gasteiger partial charge in [-0.05, 0) is 30.7 Å². The molecule has 1 aliphatic carbocycles. The van der Waals surface area contributed by atoms with Gasteiger partial charge in [-0.2, -0.15) is 0 Å². The molecule has 1 aromatic carbocycles. The summed E-state index contributed by atoms with van der Waals surface area (Å²) in [4.78, 5) is 2.65. The second-order valence-corrected chi connectivity index (χ2v) is 5.99. The topological polar surface area (TPSA) is 3.24 Å². The van der Waals surface area contributed by atoms with Gasteiger partial charge in [-0.15, -0.1) is 12.4 Å². The molecule has 1 aromatic rings. The van der Waals surface area contributed by atoms with Gasteiger partial charge >= 0.3 is 0 Å². The highest BCUT2D eigenvalue weighted by Crippen LogP contribution is 2.49. The van der Waals surface area contributed by atoms with Gasteiger partial charge < -0.3 is 0 Å². The van der Waals surface area contributed by atoms with E-state index < -0.39 is 0 Å². The number of hydrogen-bond donors (Lipinski definition) is 0. The van der Waals surface area contributed by atoms with Crippen LogP contribution in [0.15, 0.2) is 30.3 Å². The molecule has 0 aromatic heterocycles. The van der Waals surface area contributed by atoms with Crippen LogP contribution >= 0.6 is 12.4 Å². The molecule has 100 valence electrons. The highest BCUT2D eigenvalue weighted by molar-refractivity contribution is 5.85. The van der Waals surface area contributed by atoms with Crippen LogP contribution in [0.4, 0.5) is 0 Å². The predicted molar refractivity (Wildman–Crippen MR) is 79.1 cm³/mol. The average molecular weight is 266 g/mol. The third-order valence-corrected chi connectivity index (χ3v) is 5.03. The molecule has 1 unspecified atom stereocenters. The van der Waals surface area contributed by atoms with Gasteiger partial charge in [0, 0.05) is 19.1 Å². The van der Waals surface area contributed by atoms with Crippen LogP contribution in [-0.4, -0.2) is 17.5 Å². The van der Waals surface area contributed by atoms with Crippen molar-refractivity contribution in [2.75, 3.05) is 6.54 Å². The maximum Gasteiger partial charge on any atom is 0.0237 e. The lowest BCUT2D eigenvalue weighted by molar-refractivity contribution is -0.0930. The van der Waals surface area contributed by atoms with Gasteiger partial charge in [-0.25, -0.2) is 0 Å². The molecule has 1 spiro atoms. The van der Waals surface area contributed by atoms with E-state index in [4.69, 9.17) is 0 Å². The normalized spacial score (nSPS) is 26.4. The molecule has 2 aliphatic rings. The Morgan fingerprint density at radius 3 is 2.39 bits per heavy atom. The zero-order valence-electron chi connectivity index (χ0n) is 11.3. The van der Waals surface area contributed by atoms with E-state index in [1.807, 2.05) is 0 Å². The summed E-state index contributed by atoms with van der Waals surface area (Å²) in [6.45, 7) is 4.92. The first kappa shape index (κ1) is 13.9. The summed E-state index contributed by atoms with van der Waals surface area (Å²) in [5, 5.41) is 0. The van der Waals surface area contributed by atoms with Crippen molar-refractivity contribution in [1.82, 2.24) is 4.90 Å². The molecule has 0 radical (unpaired) electrons. The molecule has 1 heterocycles. The molecule has 1 saturated carbocycles. The Bertz CT molecular complexity index is 370. The van der Waals surface area contributed by atoms with Gasteiger partial charge in [-0.3, -0.25) is 4.90 Å². The number of rotatable bonds is 2. The summed E-state index contributed by atoms with van der Waals surface area (Å²) < 4.78 is 0. The first-order chi connectivity index (χ1) is 8.30. The standard InChI is InChI=1S/C16H23N.ClH/c1-14-16(10-6-3-7-11-16)13-17(14)12-15-8-4-2-5-9-15;/h2,4-5,8-9,14H,3,6-7,10-13H2,1H3;1H. The van der Waals surface area contributed by atoms with E-state index in [0.717, 1.165) is 12.6 Å². The van der Waals surface area contributed by atoms with Gasteiger partial charge in [0.25, 0.3) is 0 Å². The molecule has 3 rings (SSSR count). The van der Waals surface area contributed by atoms with E-state index >= 15 is 0 Å². The van der Waals surface area contributed by atoms with E-state index in [-0.39, 0.29) is 12.4 Å². The SMILES string of the molecule is CC1N(Cc2ccccc2)CC12CCCCC2.Cl. The molecule has 0 bridgehead atoms. The Hall–Kier alpha value is -0.530. The van der Waals surface area contributed by atoms with Gasteiger partial charge in [0.1, 0.15) is 0 Å². The van der Waals surface area contributed by atoms with Crippen molar-refractivity contribution in [2.45, 2.75) is 51.6 Å². The van der Waals surface area contributed by atoms with Crippen LogP contribution in [-0.2, 0) is 6.54 Å². The lowest BCUT2D eigenvalue weighted by Gasteiger charge is -2.58. The molecule has 0 N–H and O–H groups in total. The zero-order chi connectivity index (χ0) is 11.7. The Morgan fingerprint density at radius 2 is 1.78 bits per heavy atom. The summed E-state index contributed by atoms with van der Waals surface area (Å²) in [7, 11) is 0. The molecule has 1 aliphatic heterocycles. The fourth-order valence-electron chi connectivity index (χ4n) is 3.79. The van der Waals surface area contributed by atoms with E-state index in [9.17, 15) is 0 Å². The van der Waals surface area contributed by atoms with E-state index in [1.54, 1.807) is 0 Å². The Balaban J connectivity index is 0.00000120. The molecule has 2 heteroatoms. The monoisotopic (exact) mass is 265 g/mol. The van der Waals surface area contributed by atoms with Crippen LogP contribution in [0, 0.1) is 5.41 Å². The Labute approximate surface area is 117 Å². The quantitative estimate of drug-likeness (QED) is 0.772. The minimum absolute atomic E-state index is 0. The maximum absolute atomic E-state index is 2.65. The minimum Gasteiger partial charge on any atom is -0.295 e. The zero-order valence-corrected chi connectivity index (χ0v) is 12.1. The van der Waals surface area contributed by atoms with E-state index in [0.29, 0.717) is 5.41 Å². The van der Waals surface area contributed by atoms with Crippen LogP contribution in [0.3, 0.4) is 0 Å². The van der Waals surface area contributed by atoms with Crippen molar-refractivity contribution in [1.29, 1.82) is 0 Å². The first-order valence-corrected chi connectivity index (χ1v) is 7.08. The summed E-state index contributed by atoms with van der Waals surface area (Å²) in [6.07, 6.45) is 7.33. The fourth-order valence-corrected chi connectivity index (χ4v) is 3.79. The van der Waals surface area contributed by atoms with Crippen LogP contribution in [0.1, 0.15) is 44.6 Å². The summed E-state index contributed by atoms with van der Waals surface area (Å²) >= 11 is 0. The smallest absolute Gasteiger partial charge is 0.0237 e. The first-order valence-electron chi connectivity index (χ1n) is 7.08. The molecule has 2 fully saturated rings. The summed E-state index contributed by atoms with van der Waals surface area (Å²) in [6, 6.07) is 11.7. The highest BCUT2D eigenvalue weighted by atomic mass is 35.5. The van der Waals surface area contributed by atoms with Gasteiger partial charge in [0.05, 0.1) is 0 Å². The average Bonchev–Trinajstić information content (AvgIpc) is 2.40. The maximum atomic E-state index is 2.65. The molecule has 18 heavy (non-hydrogen) atoms. The van der Waals surface area contributed by atoms with Gasteiger partial charge in [0.2, 0.25) is 0 Å². The van der Waals surface area contributed by atoms with Gasteiger partial charge in [-0.1, -0.05) is 49.6 Å². The Morgan fingerprint density at radius 1 is 1.11 bits per heavy atom. The molecule has 1 atom stereocenters. The van der Waals surface area contributed by atoms with E-state index in [1.165, 1.54) is 44.2 Å². The van der Waals surface area contributed by atoms with E-state index in [2.05, 4.69) is 42.2 Å². The number of nitrogens with zero attached hydrogens (tertiary/aromatic N) is 1. The number of halogens is 1. The van der Waals surface area contributed by atoms with Crippen LogP contribution < -0.4 is 0 Å². The second kappa shape index (κ2) is 5.63. The summed E-state index contributed by atoms with van der Waals surface area (Å²) in [5.74, 6) is 0. The van der Waals surface area contributed by atoms with Crippen molar-refractivity contribution in [3.05, 3.63) is 35.9 Å². The molecule has 1 saturated heterocycles. The molecular formula is C16H24ClN. The lowest BCUT2D eigenvalue weighted by Crippen LogP contribution is -2.63. The third-order valence-electron chi connectivity index (χ3n) is 5.03. The Kier molecular flexibility index (Phi) is 4.34. The highest BCUT2D eigenvalue weighted by Gasteiger charge is 2.49. The van der Waals surface area contributed by atoms with Crippen molar-refractivity contribution >= 4 is 12.4 Å². The summed E-state index contributed by atoms with van der Waals surface area (Å²) in [5.41, 5.74) is 2.15. The minimum atomic E-state index is 0. The lowest BCUT2D eigenvalue weighted by atomic mass is 9.63. The molecule has 1 nitrogen and oxygen atoms in total. The largest absolute Gasteiger partial charge is 0.295 e. The van der Waals surface area contributed by atoms with Crippen LogP contribution in [0.5, 0.6) is 0 Å². The fraction of sp³-hybridized carbons (Fsp3) is 0.625. The van der Waals surface area contributed by atoms with Crippen molar-refractivity contribution in [2.24, 2.45) is 5.41 Å². The van der Waals surface area contributed by atoms with Gasteiger partial charge in [0.15, 0.2) is 0 Å². The van der Waals surface area contributed by atoms with Crippen LogP contribution in [0.2, 0.25) is 0 Å². The van der Waals surface area contributed by atoms with Crippen molar-refractivity contribution in [3.8, 4) is 0 Å². The number of benzene rings is 1. The molecular weight excluding hydrogens is 242 g/mol. The number of likely N-dealkylation sites (tertiary alicyclic amines) is 1. The number of hydrogen-bond acceptors (Lipinski definition) is 1.